The van der Waals surface area contributed by atoms with E-state index in [1.54, 1.807) is 13.3 Å². The van der Waals surface area contributed by atoms with Gasteiger partial charge in [0.2, 0.25) is 0 Å². The van der Waals surface area contributed by atoms with E-state index in [9.17, 15) is 10.1 Å². The van der Waals surface area contributed by atoms with Crippen LogP contribution in [-0.4, -0.2) is 18.9 Å². The van der Waals surface area contributed by atoms with E-state index in [0.29, 0.717) is 0 Å². The molecule has 0 aliphatic carbocycles. The third-order valence-electron chi connectivity index (χ3n) is 4.95. The molecule has 1 aliphatic heterocycles. The molecule has 24 heavy (non-hydrogen) atoms. The molecule has 0 radical (unpaired) electrons. The Morgan fingerprint density at radius 3 is 2.50 bits per heavy atom. The maximum Gasteiger partial charge on any atom is 0.180 e. The summed E-state index contributed by atoms with van der Waals surface area (Å²) >= 11 is 0. The van der Waals surface area contributed by atoms with Gasteiger partial charge in [-0.3, -0.25) is 4.79 Å². The van der Waals surface area contributed by atoms with Crippen molar-refractivity contribution in [2.24, 2.45) is 5.41 Å². The van der Waals surface area contributed by atoms with E-state index in [1.165, 1.54) is 0 Å². The molecule has 0 N–H and O–H groups in total. The van der Waals surface area contributed by atoms with Gasteiger partial charge in [0.1, 0.15) is 17.4 Å². The maximum absolute atomic E-state index is 12.5. The number of carbonyl (C=O) groups excluding carboxylic acids is 1. The zero-order chi connectivity index (χ0) is 18.3. The molecule has 1 atom stereocenters. The predicted molar refractivity (Wildman–Crippen MR) is 96.1 cm³/mol. The molecule has 4 nitrogen and oxygen atoms in total. The summed E-state index contributed by atoms with van der Waals surface area (Å²) in [6.45, 7) is 11.9. The van der Waals surface area contributed by atoms with Gasteiger partial charge in [-0.15, -0.1) is 0 Å². The highest BCUT2D eigenvalue weighted by Gasteiger charge is 2.42. The highest BCUT2D eigenvalue weighted by atomic mass is 16.5. The summed E-state index contributed by atoms with van der Waals surface area (Å²) in [6.07, 6.45) is 1.71. The number of benzene rings is 1. The number of fused-ring (bicyclic) bond motifs is 1. The maximum atomic E-state index is 12.5. The average Bonchev–Trinajstić information content (AvgIpc) is 2.71. The van der Waals surface area contributed by atoms with Crippen molar-refractivity contribution in [1.82, 2.24) is 0 Å². The van der Waals surface area contributed by atoms with Crippen molar-refractivity contribution in [1.29, 1.82) is 5.26 Å². The van der Waals surface area contributed by atoms with E-state index < -0.39 is 5.41 Å². The Morgan fingerprint density at radius 1 is 1.38 bits per heavy atom. The minimum absolute atomic E-state index is 0.119. The number of hydrogen-bond acceptors (Lipinski definition) is 4. The molecular weight excluding hydrogens is 300 g/mol. The number of methoxy groups -OCH3 is 1. The van der Waals surface area contributed by atoms with Gasteiger partial charge < -0.3 is 9.64 Å². The molecule has 4 heteroatoms. The van der Waals surface area contributed by atoms with E-state index in [0.717, 1.165) is 17.0 Å². The number of carbonyl (C=O) groups is 1. The summed E-state index contributed by atoms with van der Waals surface area (Å²) in [7, 11) is 1.65. The Morgan fingerprint density at radius 2 is 2.00 bits per heavy atom. The average molecular weight is 326 g/mol. The van der Waals surface area contributed by atoms with Crippen LogP contribution in [0.5, 0.6) is 5.75 Å². The minimum atomic E-state index is -0.581. The van der Waals surface area contributed by atoms with Crippen molar-refractivity contribution in [2.75, 3.05) is 12.0 Å². The Kier molecular flexibility index (Phi) is 4.50. The summed E-state index contributed by atoms with van der Waals surface area (Å²) in [5.41, 5.74) is 1.66. The Balaban J connectivity index is 2.55. The molecule has 0 saturated heterocycles. The van der Waals surface area contributed by atoms with Crippen LogP contribution in [0.1, 0.15) is 47.1 Å². The van der Waals surface area contributed by atoms with E-state index in [4.69, 9.17) is 4.74 Å². The first-order valence-corrected chi connectivity index (χ1v) is 8.17. The fourth-order valence-corrected chi connectivity index (χ4v) is 3.03. The van der Waals surface area contributed by atoms with Gasteiger partial charge in [0.25, 0.3) is 0 Å². The molecule has 0 saturated carbocycles. The third-order valence-corrected chi connectivity index (χ3v) is 4.95. The molecule has 128 valence electrons. The lowest BCUT2D eigenvalue weighted by molar-refractivity contribution is -0.122. The van der Waals surface area contributed by atoms with Crippen LogP contribution in [-0.2, 0) is 10.2 Å². The number of anilines is 1. The summed E-state index contributed by atoms with van der Waals surface area (Å²) in [5, 5.41) is 9.48. The van der Waals surface area contributed by atoms with Crippen LogP contribution in [0, 0.1) is 16.7 Å². The highest BCUT2D eigenvalue weighted by molar-refractivity contribution is 6.02. The number of allylic oxidation sites excluding steroid dienone is 1. The molecule has 1 unspecified atom stereocenters. The van der Waals surface area contributed by atoms with Crippen LogP contribution in [0.3, 0.4) is 0 Å². The number of nitriles is 1. The molecule has 0 fully saturated rings. The van der Waals surface area contributed by atoms with E-state index in [2.05, 4.69) is 26.8 Å². The molecule has 0 spiro atoms. The van der Waals surface area contributed by atoms with Crippen molar-refractivity contribution >= 4 is 11.5 Å². The Labute approximate surface area is 144 Å². The van der Waals surface area contributed by atoms with Crippen LogP contribution in [0.25, 0.3) is 0 Å². The molecule has 1 aliphatic rings. The molecule has 0 amide bonds. The lowest BCUT2D eigenvalue weighted by Crippen LogP contribution is -2.36. The van der Waals surface area contributed by atoms with Gasteiger partial charge in [-0.25, -0.2) is 0 Å². The standard InChI is InChI=1S/C20H26N2O2/c1-13-20(5,6)16-10-15(24-7)8-9-17(16)22(13)12-14(11-21)18(23)19(2,3)4/h8-10,12-13H,1-7H3. The van der Waals surface area contributed by atoms with Gasteiger partial charge in [-0.2, -0.15) is 5.26 Å². The van der Waals surface area contributed by atoms with Gasteiger partial charge >= 0.3 is 0 Å². The quantitative estimate of drug-likeness (QED) is 0.617. The first kappa shape index (κ1) is 18.1. The highest BCUT2D eigenvalue weighted by Crippen LogP contribution is 2.46. The first-order valence-electron chi connectivity index (χ1n) is 8.17. The number of rotatable bonds is 3. The van der Waals surface area contributed by atoms with Crippen LogP contribution in [0.4, 0.5) is 5.69 Å². The molecule has 1 aromatic carbocycles. The van der Waals surface area contributed by atoms with Crippen molar-refractivity contribution in [3.63, 3.8) is 0 Å². The second-order valence-corrected chi connectivity index (χ2v) is 7.92. The number of hydrogen-bond donors (Lipinski definition) is 0. The van der Waals surface area contributed by atoms with Gasteiger partial charge in [0, 0.05) is 28.8 Å². The van der Waals surface area contributed by atoms with Gasteiger partial charge in [-0.1, -0.05) is 34.6 Å². The van der Waals surface area contributed by atoms with Crippen LogP contribution in [0.15, 0.2) is 30.0 Å². The monoisotopic (exact) mass is 326 g/mol. The molecule has 0 aromatic heterocycles. The fourth-order valence-electron chi connectivity index (χ4n) is 3.03. The third kappa shape index (κ3) is 2.91. The zero-order valence-electron chi connectivity index (χ0n) is 15.6. The largest absolute Gasteiger partial charge is 0.497 e. The number of ether oxygens (including phenoxy) is 1. The predicted octanol–water partition coefficient (Wildman–Crippen LogP) is 4.20. The molecule has 2 rings (SSSR count). The van der Waals surface area contributed by atoms with Crippen molar-refractivity contribution in [2.45, 2.75) is 53.0 Å². The van der Waals surface area contributed by atoms with E-state index in [1.807, 2.05) is 43.9 Å². The lowest BCUT2D eigenvalue weighted by Gasteiger charge is -2.29. The van der Waals surface area contributed by atoms with Gasteiger partial charge in [-0.05, 0) is 30.7 Å². The minimum Gasteiger partial charge on any atom is -0.497 e. The first-order chi connectivity index (χ1) is 11.0. The molecule has 1 aromatic rings. The molecular formula is C20H26N2O2. The topological polar surface area (TPSA) is 53.3 Å². The van der Waals surface area contributed by atoms with E-state index >= 15 is 0 Å². The van der Waals surface area contributed by atoms with Gasteiger partial charge in [0.05, 0.1) is 7.11 Å². The van der Waals surface area contributed by atoms with Crippen LogP contribution in [0.2, 0.25) is 0 Å². The van der Waals surface area contributed by atoms with Crippen molar-refractivity contribution < 1.29 is 9.53 Å². The second kappa shape index (κ2) is 5.98. The van der Waals surface area contributed by atoms with Crippen LogP contribution < -0.4 is 9.64 Å². The van der Waals surface area contributed by atoms with Gasteiger partial charge in [0.15, 0.2) is 5.78 Å². The number of Topliss-reactive ketones (excluding diaryl/α,β-unsaturated/α-hetero) is 1. The molecule has 0 bridgehead atoms. The summed E-state index contributed by atoms with van der Waals surface area (Å²) in [5.74, 6) is 0.670. The number of nitrogens with zero attached hydrogens (tertiary/aromatic N) is 2. The lowest BCUT2D eigenvalue weighted by atomic mass is 9.81. The Bertz CT molecular complexity index is 733. The van der Waals surface area contributed by atoms with Crippen molar-refractivity contribution in [3.05, 3.63) is 35.5 Å². The normalized spacial score (nSPS) is 19.7. The summed E-state index contributed by atoms with van der Waals surface area (Å²) in [4.78, 5) is 14.6. The fraction of sp³-hybridized carbons (Fsp3) is 0.500. The summed E-state index contributed by atoms with van der Waals surface area (Å²) < 4.78 is 5.35. The number of ketones is 1. The second-order valence-electron chi connectivity index (χ2n) is 7.92. The zero-order valence-corrected chi connectivity index (χ0v) is 15.6. The Hall–Kier alpha value is -2.28. The van der Waals surface area contributed by atoms with Crippen molar-refractivity contribution in [3.8, 4) is 11.8 Å². The summed E-state index contributed by atoms with van der Waals surface area (Å²) in [6, 6.07) is 8.14. The SMILES string of the molecule is COc1ccc2c(c1)C(C)(C)C(C)N2C=C(C#N)C(=O)C(C)(C)C. The van der Waals surface area contributed by atoms with Crippen LogP contribution >= 0.6 is 0 Å². The molecule has 1 heterocycles. The van der Waals surface area contributed by atoms with E-state index in [-0.39, 0.29) is 22.8 Å². The smallest absolute Gasteiger partial charge is 0.180 e.